The molecule has 1 atom stereocenters. The van der Waals surface area contributed by atoms with Gasteiger partial charge in [-0.1, -0.05) is 13.3 Å². The molecule has 8 N–H and O–H groups in total. The zero-order chi connectivity index (χ0) is 13.7. The number of unbranched alkanes of at least 4 members (excludes halogenated alkanes) is 1. The molecule has 106 valence electrons. The molecule has 0 fully saturated rings. The molecule has 0 aromatic heterocycles. The highest BCUT2D eigenvalue weighted by molar-refractivity contribution is 4.70. The van der Waals surface area contributed by atoms with Crippen LogP contribution in [-0.2, 0) is 0 Å². The van der Waals surface area contributed by atoms with E-state index in [0.29, 0.717) is 5.92 Å². The SMILES string of the molecule is CC(C)(N)CCCCN.CC(CN)CCCN. The van der Waals surface area contributed by atoms with Gasteiger partial charge in [0.1, 0.15) is 0 Å². The Bertz CT molecular complexity index is 143. The van der Waals surface area contributed by atoms with E-state index >= 15 is 0 Å². The van der Waals surface area contributed by atoms with E-state index in [-0.39, 0.29) is 5.54 Å². The number of rotatable bonds is 8. The maximum atomic E-state index is 5.74. The summed E-state index contributed by atoms with van der Waals surface area (Å²) >= 11 is 0. The molecule has 0 spiro atoms. The van der Waals surface area contributed by atoms with Gasteiger partial charge >= 0.3 is 0 Å². The standard InChI is InChI=1S/C7H18N2.C6H16N2/c1-7(2,9)5-3-4-6-8;1-6(5-8)3-2-4-7/h3-6,8-9H2,1-2H3;6H,2-5,7-8H2,1H3. The van der Waals surface area contributed by atoms with Crippen LogP contribution in [0.2, 0.25) is 0 Å². The van der Waals surface area contributed by atoms with Crippen LogP contribution in [0.3, 0.4) is 0 Å². The highest BCUT2D eigenvalue weighted by Crippen LogP contribution is 2.07. The summed E-state index contributed by atoms with van der Waals surface area (Å²) in [4.78, 5) is 0. The van der Waals surface area contributed by atoms with Crippen molar-refractivity contribution in [2.24, 2.45) is 28.9 Å². The topological polar surface area (TPSA) is 104 Å². The average Bonchev–Trinajstić information content (AvgIpc) is 2.25. The summed E-state index contributed by atoms with van der Waals surface area (Å²) in [6.07, 6.45) is 5.61. The van der Waals surface area contributed by atoms with Crippen LogP contribution in [-0.4, -0.2) is 25.2 Å². The monoisotopic (exact) mass is 246 g/mol. The molecule has 0 saturated carbocycles. The molecule has 17 heavy (non-hydrogen) atoms. The van der Waals surface area contributed by atoms with Crippen LogP contribution in [0, 0.1) is 5.92 Å². The number of hydrogen-bond acceptors (Lipinski definition) is 4. The van der Waals surface area contributed by atoms with Crippen molar-refractivity contribution in [3.63, 3.8) is 0 Å². The lowest BCUT2D eigenvalue weighted by Gasteiger charge is -2.17. The molecular formula is C13H34N4. The summed E-state index contributed by atoms with van der Waals surface area (Å²) in [7, 11) is 0. The van der Waals surface area contributed by atoms with Crippen molar-refractivity contribution in [2.75, 3.05) is 19.6 Å². The number of hydrogen-bond donors (Lipinski definition) is 4. The van der Waals surface area contributed by atoms with Crippen LogP contribution in [0.5, 0.6) is 0 Å². The minimum atomic E-state index is -0.00479. The first-order chi connectivity index (χ1) is 7.87. The molecule has 4 heteroatoms. The van der Waals surface area contributed by atoms with Crippen LogP contribution in [0.4, 0.5) is 0 Å². The van der Waals surface area contributed by atoms with Gasteiger partial charge in [0.2, 0.25) is 0 Å². The van der Waals surface area contributed by atoms with Crippen molar-refractivity contribution < 1.29 is 0 Å². The van der Waals surface area contributed by atoms with Gasteiger partial charge in [-0.15, -0.1) is 0 Å². The fraction of sp³-hybridized carbons (Fsp3) is 1.00. The molecule has 0 heterocycles. The van der Waals surface area contributed by atoms with Gasteiger partial charge in [0.25, 0.3) is 0 Å². The van der Waals surface area contributed by atoms with E-state index in [1.807, 2.05) is 13.8 Å². The van der Waals surface area contributed by atoms with Gasteiger partial charge in [0, 0.05) is 5.54 Å². The second-order valence-electron chi connectivity index (χ2n) is 5.51. The quantitative estimate of drug-likeness (QED) is 0.483. The molecule has 0 radical (unpaired) electrons. The molecule has 0 bridgehead atoms. The second-order valence-corrected chi connectivity index (χ2v) is 5.51. The zero-order valence-electron chi connectivity index (χ0n) is 12.0. The summed E-state index contributed by atoms with van der Waals surface area (Å²) < 4.78 is 0. The molecule has 0 aromatic rings. The third-order valence-electron chi connectivity index (χ3n) is 2.58. The highest BCUT2D eigenvalue weighted by Gasteiger charge is 2.08. The average molecular weight is 246 g/mol. The van der Waals surface area contributed by atoms with E-state index in [9.17, 15) is 0 Å². The van der Waals surface area contributed by atoms with Gasteiger partial charge < -0.3 is 22.9 Å². The molecule has 0 aliphatic rings. The van der Waals surface area contributed by atoms with Gasteiger partial charge in [0.15, 0.2) is 0 Å². The smallest absolute Gasteiger partial charge is 0.00970 e. The largest absolute Gasteiger partial charge is 0.330 e. The first-order valence-electron chi connectivity index (χ1n) is 6.76. The van der Waals surface area contributed by atoms with E-state index in [1.165, 1.54) is 6.42 Å². The predicted octanol–water partition coefficient (Wildman–Crippen LogP) is 1.17. The molecular weight excluding hydrogens is 212 g/mol. The Kier molecular flexibility index (Phi) is 13.9. The third-order valence-corrected chi connectivity index (χ3v) is 2.58. The normalized spacial score (nSPS) is 12.9. The predicted molar refractivity (Wildman–Crippen MR) is 77.7 cm³/mol. The van der Waals surface area contributed by atoms with Crippen molar-refractivity contribution in [2.45, 2.75) is 58.4 Å². The van der Waals surface area contributed by atoms with Gasteiger partial charge in [-0.25, -0.2) is 0 Å². The minimum Gasteiger partial charge on any atom is -0.330 e. The van der Waals surface area contributed by atoms with Crippen molar-refractivity contribution in [1.82, 2.24) is 0 Å². The first-order valence-corrected chi connectivity index (χ1v) is 6.76. The minimum absolute atomic E-state index is 0.00479. The number of nitrogens with two attached hydrogens (primary N) is 4. The molecule has 0 saturated heterocycles. The van der Waals surface area contributed by atoms with Crippen molar-refractivity contribution in [3.8, 4) is 0 Å². The van der Waals surface area contributed by atoms with Gasteiger partial charge in [-0.05, 0) is 65.1 Å². The van der Waals surface area contributed by atoms with Crippen molar-refractivity contribution >= 4 is 0 Å². The zero-order valence-corrected chi connectivity index (χ0v) is 12.0. The lowest BCUT2D eigenvalue weighted by atomic mass is 9.99. The van der Waals surface area contributed by atoms with Crippen LogP contribution >= 0.6 is 0 Å². The summed E-state index contributed by atoms with van der Waals surface area (Å²) in [6, 6.07) is 0. The fourth-order valence-corrected chi connectivity index (χ4v) is 1.31. The molecule has 0 rings (SSSR count). The lowest BCUT2D eigenvalue weighted by molar-refractivity contribution is 0.452. The Morgan fingerprint density at radius 3 is 1.82 bits per heavy atom. The van der Waals surface area contributed by atoms with Crippen molar-refractivity contribution in [3.05, 3.63) is 0 Å². The van der Waals surface area contributed by atoms with E-state index in [4.69, 9.17) is 22.9 Å². The van der Waals surface area contributed by atoms with E-state index in [0.717, 1.165) is 45.3 Å². The maximum absolute atomic E-state index is 5.74. The summed E-state index contributed by atoms with van der Waals surface area (Å²) in [5.41, 5.74) is 21.7. The maximum Gasteiger partial charge on any atom is 0.00970 e. The van der Waals surface area contributed by atoms with Crippen LogP contribution in [0.15, 0.2) is 0 Å². The highest BCUT2D eigenvalue weighted by atomic mass is 14.7. The lowest BCUT2D eigenvalue weighted by Crippen LogP contribution is -2.31. The van der Waals surface area contributed by atoms with Crippen LogP contribution in [0.25, 0.3) is 0 Å². The summed E-state index contributed by atoms with van der Waals surface area (Å²) in [5.74, 6) is 0.651. The molecule has 1 unspecified atom stereocenters. The Morgan fingerprint density at radius 2 is 1.47 bits per heavy atom. The Labute approximate surface area is 107 Å². The van der Waals surface area contributed by atoms with Crippen molar-refractivity contribution in [1.29, 1.82) is 0 Å². The van der Waals surface area contributed by atoms with Gasteiger partial charge in [-0.2, -0.15) is 0 Å². The Balaban J connectivity index is 0. The van der Waals surface area contributed by atoms with Crippen LogP contribution in [0.1, 0.15) is 52.9 Å². The van der Waals surface area contributed by atoms with Gasteiger partial charge in [0.05, 0.1) is 0 Å². The molecule has 0 aliphatic heterocycles. The van der Waals surface area contributed by atoms with Crippen LogP contribution < -0.4 is 22.9 Å². The Hall–Kier alpha value is -0.160. The summed E-state index contributed by atoms with van der Waals surface area (Å²) in [6.45, 7) is 8.61. The van der Waals surface area contributed by atoms with E-state index in [2.05, 4.69) is 6.92 Å². The fourth-order valence-electron chi connectivity index (χ4n) is 1.31. The second kappa shape index (κ2) is 12.3. The third kappa shape index (κ3) is 21.6. The van der Waals surface area contributed by atoms with Gasteiger partial charge in [-0.3, -0.25) is 0 Å². The molecule has 0 amide bonds. The van der Waals surface area contributed by atoms with E-state index in [1.54, 1.807) is 0 Å². The molecule has 4 nitrogen and oxygen atoms in total. The first kappa shape index (κ1) is 19.2. The van der Waals surface area contributed by atoms with E-state index < -0.39 is 0 Å². The molecule has 0 aliphatic carbocycles. The Morgan fingerprint density at radius 1 is 0.941 bits per heavy atom. The molecule has 0 aromatic carbocycles. The summed E-state index contributed by atoms with van der Waals surface area (Å²) in [5, 5.41) is 0.